The molecule has 0 aromatic heterocycles. The fourth-order valence-corrected chi connectivity index (χ4v) is 1.47. The first-order valence-electron chi connectivity index (χ1n) is 3.62. The van der Waals surface area contributed by atoms with E-state index >= 15 is 0 Å². The average molecular weight is 171 g/mol. The fourth-order valence-electron chi connectivity index (χ4n) is 1.10. The molecule has 2 nitrogen and oxygen atoms in total. The Kier molecular flexibility index (Phi) is 2.88. The molecule has 0 radical (unpaired) electrons. The van der Waals surface area contributed by atoms with Crippen LogP contribution in [-0.2, 0) is 4.74 Å². The number of allylic oxidation sites excluding steroid dienone is 3. The Morgan fingerprint density at radius 3 is 2.73 bits per heavy atom. The smallest absolute Gasteiger partial charge is 0.0971 e. The zero-order chi connectivity index (χ0) is 8.27. The van der Waals surface area contributed by atoms with Crippen molar-refractivity contribution in [3.8, 4) is 0 Å². The number of hydrogen-bond donors (Lipinski definition) is 2. The average Bonchev–Trinajstić information content (AvgIpc) is 2.04. The quantitative estimate of drug-likeness (QED) is 0.617. The van der Waals surface area contributed by atoms with Crippen molar-refractivity contribution in [1.29, 1.82) is 0 Å². The van der Waals surface area contributed by atoms with Gasteiger partial charge in [-0.15, -0.1) is 12.6 Å². The van der Waals surface area contributed by atoms with Gasteiger partial charge < -0.3 is 10.1 Å². The van der Waals surface area contributed by atoms with E-state index < -0.39 is 0 Å². The Balaban J connectivity index is 2.76. The van der Waals surface area contributed by atoms with Crippen molar-refractivity contribution in [2.45, 2.75) is 12.8 Å². The lowest BCUT2D eigenvalue weighted by molar-refractivity contribution is 0.275. The zero-order valence-corrected chi connectivity index (χ0v) is 7.74. The van der Waals surface area contributed by atoms with E-state index in [1.807, 2.05) is 13.1 Å². The van der Waals surface area contributed by atoms with Gasteiger partial charge in [0, 0.05) is 24.1 Å². The molecule has 0 aliphatic heterocycles. The van der Waals surface area contributed by atoms with Crippen LogP contribution in [-0.4, -0.2) is 14.2 Å². The van der Waals surface area contributed by atoms with E-state index in [1.54, 1.807) is 7.11 Å². The van der Waals surface area contributed by atoms with Crippen LogP contribution in [0.3, 0.4) is 0 Å². The van der Waals surface area contributed by atoms with Crippen LogP contribution in [0.15, 0.2) is 22.4 Å². The maximum absolute atomic E-state index is 5.10. The van der Waals surface area contributed by atoms with E-state index in [9.17, 15) is 0 Å². The third kappa shape index (κ3) is 1.93. The predicted octanol–water partition coefficient (Wildman–Crippen LogP) is 1.67. The van der Waals surface area contributed by atoms with Gasteiger partial charge in [0.15, 0.2) is 0 Å². The summed E-state index contributed by atoms with van der Waals surface area (Å²) in [4.78, 5) is 0.982. The van der Waals surface area contributed by atoms with E-state index in [4.69, 9.17) is 4.74 Å². The van der Waals surface area contributed by atoms with E-state index in [1.165, 1.54) is 5.70 Å². The van der Waals surface area contributed by atoms with Crippen LogP contribution < -0.4 is 5.32 Å². The molecular weight excluding hydrogens is 158 g/mol. The van der Waals surface area contributed by atoms with Gasteiger partial charge in [0.1, 0.15) is 0 Å². The topological polar surface area (TPSA) is 21.3 Å². The number of nitrogens with one attached hydrogen (secondary N) is 1. The van der Waals surface area contributed by atoms with Gasteiger partial charge in [0.05, 0.1) is 12.9 Å². The number of methoxy groups -OCH3 is 1. The van der Waals surface area contributed by atoms with Gasteiger partial charge in [-0.1, -0.05) is 0 Å². The summed E-state index contributed by atoms with van der Waals surface area (Å²) in [6.45, 7) is 0. The van der Waals surface area contributed by atoms with Gasteiger partial charge in [-0.2, -0.15) is 0 Å². The molecule has 0 saturated carbocycles. The maximum atomic E-state index is 5.10. The summed E-state index contributed by atoms with van der Waals surface area (Å²) in [6, 6.07) is 0. The molecule has 0 amide bonds. The standard InChI is InChI=1S/C8H13NOS/c1-9-7-4-3-6(10-2)5-8(7)11/h5,9,11H,3-4H2,1-2H3. The van der Waals surface area contributed by atoms with E-state index in [2.05, 4.69) is 17.9 Å². The highest BCUT2D eigenvalue weighted by Gasteiger charge is 2.09. The van der Waals surface area contributed by atoms with Crippen LogP contribution in [0.5, 0.6) is 0 Å². The summed E-state index contributed by atoms with van der Waals surface area (Å²) < 4.78 is 5.10. The van der Waals surface area contributed by atoms with Crippen LogP contribution in [0.4, 0.5) is 0 Å². The van der Waals surface area contributed by atoms with Crippen molar-refractivity contribution < 1.29 is 4.74 Å². The molecule has 3 heteroatoms. The third-order valence-corrected chi connectivity index (χ3v) is 2.19. The van der Waals surface area contributed by atoms with E-state index in [0.717, 1.165) is 23.5 Å². The van der Waals surface area contributed by atoms with E-state index in [0.29, 0.717) is 0 Å². The van der Waals surface area contributed by atoms with Crippen molar-refractivity contribution in [2.24, 2.45) is 0 Å². The van der Waals surface area contributed by atoms with Crippen molar-refractivity contribution in [1.82, 2.24) is 5.32 Å². The molecule has 1 aliphatic rings. The Labute approximate surface area is 72.7 Å². The normalized spacial score (nSPS) is 17.9. The number of rotatable bonds is 2. The molecule has 1 N–H and O–H groups in total. The Hall–Kier alpha value is -0.570. The summed E-state index contributed by atoms with van der Waals surface area (Å²) in [7, 11) is 3.61. The largest absolute Gasteiger partial charge is 0.501 e. The van der Waals surface area contributed by atoms with Crippen molar-refractivity contribution >= 4 is 12.6 Å². The molecule has 0 saturated heterocycles. The lowest BCUT2D eigenvalue weighted by atomic mass is 10.1. The summed E-state index contributed by atoms with van der Waals surface area (Å²) in [5.41, 5.74) is 1.19. The molecule has 62 valence electrons. The highest BCUT2D eigenvalue weighted by atomic mass is 32.1. The molecule has 0 heterocycles. The van der Waals surface area contributed by atoms with Crippen LogP contribution in [0.25, 0.3) is 0 Å². The lowest BCUT2D eigenvalue weighted by Crippen LogP contribution is -2.10. The second-order valence-corrected chi connectivity index (χ2v) is 2.91. The van der Waals surface area contributed by atoms with Crippen LogP contribution >= 0.6 is 12.6 Å². The number of ether oxygens (including phenoxy) is 1. The Bertz CT molecular complexity index is 208. The lowest BCUT2D eigenvalue weighted by Gasteiger charge is -2.16. The predicted molar refractivity (Wildman–Crippen MR) is 49.4 cm³/mol. The fraction of sp³-hybridized carbons (Fsp3) is 0.500. The summed E-state index contributed by atoms with van der Waals surface area (Å²) in [5.74, 6) is 1.01. The SMILES string of the molecule is CNC1=C(S)C=C(OC)CC1. The maximum Gasteiger partial charge on any atom is 0.0971 e. The molecule has 1 aliphatic carbocycles. The summed E-state index contributed by atoms with van der Waals surface area (Å²) >= 11 is 4.31. The Morgan fingerprint density at radius 1 is 1.55 bits per heavy atom. The molecule has 0 aromatic carbocycles. The first-order valence-corrected chi connectivity index (χ1v) is 4.07. The van der Waals surface area contributed by atoms with Gasteiger partial charge in [0.25, 0.3) is 0 Å². The molecule has 0 unspecified atom stereocenters. The minimum Gasteiger partial charge on any atom is -0.501 e. The number of thiol groups is 1. The van der Waals surface area contributed by atoms with Gasteiger partial charge in [0.2, 0.25) is 0 Å². The van der Waals surface area contributed by atoms with Gasteiger partial charge in [-0.25, -0.2) is 0 Å². The monoisotopic (exact) mass is 171 g/mol. The zero-order valence-electron chi connectivity index (χ0n) is 6.85. The van der Waals surface area contributed by atoms with Crippen molar-refractivity contribution in [3.63, 3.8) is 0 Å². The van der Waals surface area contributed by atoms with E-state index in [-0.39, 0.29) is 0 Å². The van der Waals surface area contributed by atoms with Crippen LogP contribution in [0.2, 0.25) is 0 Å². The minimum atomic E-state index is 0.969. The summed E-state index contributed by atoms with van der Waals surface area (Å²) in [6.07, 6.45) is 3.92. The van der Waals surface area contributed by atoms with Gasteiger partial charge >= 0.3 is 0 Å². The van der Waals surface area contributed by atoms with Crippen molar-refractivity contribution in [2.75, 3.05) is 14.2 Å². The van der Waals surface area contributed by atoms with Crippen LogP contribution in [0, 0.1) is 0 Å². The second-order valence-electron chi connectivity index (χ2n) is 2.43. The molecule has 0 atom stereocenters. The molecule has 0 fully saturated rings. The molecule has 11 heavy (non-hydrogen) atoms. The highest BCUT2D eigenvalue weighted by Crippen LogP contribution is 2.24. The molecule has 0 bridgehead atoms. The van der Waals surface area contributed by atoms with Crippen LogP contribution in [0.1, 0.15) is 12.8 Å². The molecule has 1 rings (SSSR count). The number of hydrogen-bond acceptors (Lipinski definition) is 3. The highest BCUT2D eigenvalue weighted by molar-refractivity contribution is 7.84. The van der Waals surface area contributed by atoms with Gasteiger partial charge in [-0.05, 0) is 12.5 Å². The molecular formula is C8H13NOS. The second kappa shape index (κ2) is 3.72. The summed E-state index contributed by atoms with van der Waals surface area (Å²) in [5, 5.41) is 3.10. The Morgan fingerprint density at radius 2 is 2.27 bits per heavy atom. The first kappa shape index (κ1) is 8.53. The molecule has 0 spiro atoms. The van der Waals surface area contributed by atoms with Gasteiger partial charge in [-0.3, -0.25) is 0 Å². The molecule has 0 aromatic rings. The first-order chi connectivity index (χ1) is 5.27. The minimum absolute atomic E-state index is 0.969. The third-order valence-electron chi connectivity index (χ3n) is 1.79. The van der Waals surface area contributed by atoms with Crippen molar-refractivity contribution in [3.05, 3.63) is 22.4 Å².